The lowest BCUT2D eigenvalue weighted by Crippen LogP contribution is -2.51. The van der Waals surface area contributed by atoms with Gasteiger partial charge in [-0.1, -0.05) is 12.1 Å². The van der Waals surface area contributed by atoms with E-state index in [4.69, 9.17) is 0 Å². The van der Waals surface area contributed by atoms with Crippen LogP contribution in [0.15, 0.2) is 61.3 Å². The van der Waals surface area contributed by atoms with Gasteiger partial charge in [0.2, 0.25) is 0 Å². The highest BCUT2D eigenvalue weighted by atomic mass is 19.1. The Morgan fingerprint density at radius 2 is 1.97 bits per heavy atom. The van der Waals surface area contributed by atoms with Crippen molar-refractivity contribution in [2.24, 2.45) is 0 Å². The van der Waals surface area contributed by atoms with E-state index in [0.717, 1.165) is 68.6 Å². The fourth-order valence-corrected chi connectivity index (χ4v) is 4.74. The first-order chi connectivity index (χ1) is 15.8. The molecule has 5 rings (SSSR count). The molecule has 2 aromatic heterocycles. The Labute approximate surface area is 187 Å². The zero-order valence-corrected chi connectivity index (χ0v) is 18.2. The van der Waals surface area contributed by atoms with Crippen LogP contribution in [0.4, 0.5) is 4.39 Å². The van der Waals surface area contributed by atoms with Crippen molar-refractivity contribution in [3.05, 3.63) is 78.3 Å². The highest BCUT2D eigenvalue weighted by Crippen LogP contribution is 2.24. The Balaban J connectivity index is 1.20. The normalized spacial score (nSPS) is 17.2. The molecular formula is C25H29FN6. The maximum atomic E-state index is 13.5. The number of aromatic amines is 1. The van der Waals surface area contributed by atoms with E-state index in [2.05, 4.69) is 49.8 Å². The summed E-state index contributed by atoms with van der Waals surface area (Å²) in [6.45, 7) is 4.07. The molecule has 1 fully saturated rings. The molecule has 3 heterocycles. The first-order valence-corrected chi connectivity index (χ1v) is 11.4. The number of halogens is 1. The lowest BCUT2D eigenvalue weighted by Gasteiger charge is -2.36. The fourth-order valence-electron chi connectivity index (χ4n) is 4.74. The van der Waals surface area contributed by atoms with Crippen molar-refractivity contribution in [1.29, 1.82) is 0 Å². The van der Waals surface area contributed by atoms with Gasteiger partial charge < -0.3 is 10.3 Å². The molecule has 6 nitrogen and oxygen atoms in total. The van der Waals surface area contributed by atoms with E-state index < -0.39 is 0 Å². The van der Waals surface area contributed by atoms with Crippen LogP contribution in [0.1, 0.15) is 24.0 Å². The highest BCUT2D eigenvalue weighted by Gasteiger charge is 2.21. The van der Waals surface area contributed by atoms with Crippen molar-refractivity contribution >= 4 is 10.9 Å². The largest absolute Gasteiger partial charge is 0.361 e. The number of hydrogen-bond donors (Lipinski definition) is 2. The minimum Gasteiger partial charge on any atom is -0.361 e. The minimum atomic E-state index is -0.148. The van der Waals surface area contributed by atoms with Gasteiger partial charge in [-0.05, 0) is 67.1 Å². The molecule has 0 radical (unpaired) electrons. The summed E-state index contributed by atoms with van der Waals surface area (Å²) in [5.41, 5.74) is 4.66. The van der Waals surface area contributed by atoms with Gasteiger partial charge in [0.15, 0.2) is 0 Å². The van der Waals surface area contributed by atoms with E-state index in [0.29, 0.717) is 6.04 Å². The maximum absolute atomic E-state index is 13.5. The van der Waals surface area contributed by atoms with Crippen molar-refractivity contribution in [1.82, 2.24) is 30.0 Å². The Hall–Kier alpha value is -3.03. The molecule has 7 heteroatoms. The number of fused-ring (bicyclic) bond motifs is 1. The number of aromatic nitrogens is 4. The molecule has 0 aliphatic carbocycles. The van der Waals surface area contributed by atoms with Gasteiger partial charge in [-0.15, -0.1) is 10.2 Å². The van der Waals surface area contributed by atoms with E-state index >= 15 is 0 Å². The van der Waals surface area contributed by atoms with Crippen LogP contribution in [0.3, 0.4) is 0 Å². The molecule has 2 aromatic carbocycles. The third-order valence-corrected chi connectivity index (χ3v) is 6.50. The molecule has 1 atom stereocenters. The topological polar surface area (TPSA) is 61.8 Å². The minimum absolute atomic E-state index is 0.148. The van der Waals surface area contributed by atoms with Gasteiger partial charge in [0, 0.05) is 55.0 Å². The molecule has 1 aliphatic rings. The van der Waals surface area contributed by atoms with Crippen LogP contribution in [0.2, 0.25) is 0 Å². The highest BCUT2D eigenvalue weighted by molar-refractivity contribution is 5.85. The van der Waals surface area contributed by atoms with E-state index in [1.54, 1.807) is 24.8 Å². The summed E-state index contributed by atoms with van der Waals surface area (Å²) in [5, 5.41) is 12.6. The summed E-state index contributed by atoms with van der Waals surface area (Å²) in [6, 6.07) is 13.9. The number of aryl methyl sites for hydroxylation is 1. The second-order valence-corrected chi connectivity index (χ2v) is 8.58. The lowest BCUT2D eigenvalue weighted by atomic mass is 10.0. The number of hydrogen-bond acceptors (Lipinski definition) is 4. The van der Waals surface area contributed by atoms with Crippen LogP contribution < -0.4 is 5.32 Å². The SMILES string of the molecule is Fc1cccc(CCN2CCNCC2CCCc2c[nH]c3ccc(-n4cnnc4)cc23)c1. The van der Waals surface area contributed by atoms with Gasteiger partial charge in [-0.25, -0.2) is 4.39 Å². The first kappa shape index (κ1) is 20.8. The van der Waals surface area contributed by atoms with Crippen LogP contribution in [0.5, 0.6) is 0 Å². The average Bonchev–Trinajstić information content (AvgIpc) is 3.49. The van der Waals surface area contributed by atoms with E-state index in [1.807, 2.05) is 10.6 Å². The summed E-state index contributed by atoms with van der Waals surface area (Å²) in [5.74, 6) is -0.148. The molecular weight excluding hydrogens is 403 g/mol. The fraction of sp³-hybridized carbons (Fsp3) is 0.360. The third kappa shape index (κ3) is 4.74. The van der Waals surface area contributed by atoms with Crippen molar-refractivity contribution in [2.75, 3.05) is 26.2 Å². The molecule has 32 heavy (non-hydrogen) atoms. The molecule has 1 saturated heterocycles. The van der Waals surface area contributed by atoms with Crippen molar-refractivity contribution in [3.8, 4) is 5.69 Å². The summed E-state index contributed by atoms with van der Waals surface area (Å²) in [6.07, 6.45) is 9.80. The summed E-state index contributed by atoms with van der Waals surface area (Å²) in [7, 11) is 0. The number of H-pyrrole nitrogens is 1. The number of benzene rings is 2. The predicted molar refractivity (Wildman–Crippen MR) is 124 cm³/mol. The first-order valence-electron chi connectivity index (χ1n) is 11.4. The second kappa shape index (κ2) is 9.63. The Bertz CT molecular complexity index is 1150. The quantitative estimate of drug-likeness (QED) is 0.445. The molecule has 0 amide bonds. The third-order valence-electron chi connectivity index (χ3n) is 6.50. The van der Waals surface area contributed by atoms with Crippen LogP contribution in [0, 0.1) is 5.82 Å². The molecule has 1 aliphatic heterocycles. The van der Waals surface area contributed by atoms with Crippen LogP contribution in [0.25, 0.3) is 16.6 Å². The number of rotatable bonds is 8. The summed E-state index contributed by atoms with van der Waals surface area (Å²) in [4.78, 5) is 5.98. The number of nitrogens with one attached hydrogen (secondary N) is 2. The Kier molecular flexibility index (Phi) is 6.27. The Morgan fingerprint density at radius 1 is 1.06 bits per heavy atom. The lowest BCUT2D eigenvalue weighted by molar-refractivity contribution is 0.153. The van der Waals surface area contributed by atoms with Gasteiger partial charge in [-0.3, -0.25) is 9.47 Å². The van der Waals surface area contributed by atoms with E-state index in [1.165, 1.54) is 17.0 Å². The predicted octanol–water partition coefficient (Wildman–Crippen LogP) is 3.73. The summed E-state index contributed by atoms with van der Waals surface area (Å²) >= 11 is 0. The van der Waals surface area contributed by atoms with Gasteiger partial charge in [0.1, 0.15) is 18.5 Å². The van der Waals surface area contributed by atoms with Crippen molar-refractivity contribution in [3.63, 3.8) is 0 Å². The molecule has 2 N–H and O–H groups in total. The van der Waals surface area contributed by atoms with E-state index in [-0.39, 0.29) is 5.82 Å². The molecule has 4 aromatic rings. The molecule has 166 valence electrons. The van der Waals surface area contributed by atoms with Gasteiger partial charge >= 0.3 is 0 Å². The van der Waals surface area contributed by atoms with Crippen molar-refractivity contribution < 1.29 is 4.39 Å². The average molecular weight is 433 g/mol. The van der Waals surface area contributed by atoms with Crippen LogP contribution in [-0.4, -0.2) is 56.9 Å². The maximum Gasteiger partial charge on any atom is 0.123 e. The monoisotopic (exact) mass is 432 g/mol. The number of piperazine rings is 1. The standard InChI is InChI=1S/C25H29FN6/c26-21-5-1-3-19(13-21)9-11-31-12-10-27-16-23(31)6-2-4-20-15-28-25-8-7-22(14-24(20)25)32-17-29-30-18-32/h1,3,5,7-8,13-15,17-18,23,27-28H,2,4,6,9-12,16H2. The van der Waals surface area contributed by atoms with Gasteiger partial charge in [-0.2, -0.15) is 0 Å². The smallest absolute Gasteiger partial charge is 0.123 e. The molecule has 0 bridgehead atoms. The van der Waals surface area contributed by atoms with Crippen LogP contribution in [-0.2, 0) is 12.8 Å². The molecule has 1 unspecified atom stereocenters. The second-order valence-electron chi connectivity index (χ2n) is 8.58. The Morgan fingerprint density at radius 3 is 2.84 bits per heavy atom. The zero-order valence-electron chi connectivity index (χ0n) is 18.2. The molecule has 0 spiro atoms. The van der Waals surface area contributed by atoms with Gasteiger partial charge in [0.25, 0.3) is 0 Å². The zero-order chi connectivity index (χ0) is 21.8. The van der Waals surface area contributed by atoms with Crippen LogP contribution >= 0.6 is 0 Å². The number of nitrogens with zero attached hydrogens (tertiary/aromatic N) is 4. The van der Waals surface area contributed by atoms with Gasteiger partial charge in [0.05, 0.1) is 0 Å². The summed E-state index contributed by atoms with van der Waals surface area (Å²) < 4.78 is 15.4. The van der Waals surface area contributed by atoms with Crippen molar-refractivity contribution in [2.45, 2.75) is 31.7 Å². The molecule has 0 saturated carbocycles. The van der Waals surface area contributed by atoms with E-state index in [9.17, 15) is 4.39 Å².